The summed E-state index contributed by atoms with van der Waals surface area (Å²) in [5, 5.41) is 19.8. The minimum Gasteiger partial charge on any atom is -0.370 e. The van der Waals surface area contributed by atoms with Gasteiger partial charge in [-0.1, -0.05) is 13.5 Å². The van der Waals surface area contributed by atoms with E-state index in [2.05, 4.69) is 33.8 Å². The van der Waals surface area contributed by atoms with Crippen LogP contribution in [0.3, 0.4) is 0 Å². The summed E-state index contributed by atoms with van der Waals surface area (Å²) < 4.78 is 13.9. The number of hydrogen-bond acceptors (Lipinski definition) is 7. The summed E-state index contributed by atoms with van der Waals surface area (Å²) in [6.07, 6.45) is 4.79. The minimum absolute atomic E-state index is 0.210. The third kappa shape index (κ3) is 7.89. The molecule has 0 aliphatic heterocycles. The number of allylic oxidation sites excluding steroid dienone is 2. The van der Waals surface area contributed by atoms with Crippen LogP contribution in [0.1, 0.15) is 25.8 Å². The van der Waals surface area contributed by atoms with E-state index in [1.807, 2.05) is 17.9 Å². The average Bonchev–Trinajstić information content (AvgIpc) is 2.72. The molecule has 7 nitrogen and oxygen atoms in total. The van der Waals surface area contributed by atoms with E-state index < -0.39 is 0 Å². The highest BCUT2D eigenvalue weighted by molar-refractivity contribution is 6.14. The highest BCUT2D eigenvalue weighted by Crippen LogP contribution is 2.27. The molecular formula is C21H26FN7. The van der Waals surface area contributed by atoms with Crippen LogP contribution in [-0.2, 0) is 0 Å². The zero-order chi connectivity index (χ0) is 21.6. The van der Waals surface area contributed by atoms with Crippen LogP contribution >= 0.6 is 0 Å². The number of benzene rings is 1. The molecule has 0 heterocycles. The van der Waals surface area contributed by atoms with Crippen LogP contribution < -0.4 is 5.43 Å². The molecule has 0 fully saturated rings. The lowest BCUT2D eigenvalue weighted by Crippen LogP contribution is -2.26. The number of hydrazone groups is 1. The first-order valence-corrected chi connectivity index (χ1v) is 9.08. The predicted octanol–water partition coefficient (Wildman–Crippen LogP) is 4.12. The summed E-state index contributed by atoms with van der Waals surface area (Å²) in [7, 11) is 0. The third-order valence-electron chi connectivity index (χ3n) is 3.86. The Hall–Kier alpha value is -3.60. The summed E-state index contributed by atoms with van der Waals surface area (Å²) in [5.74, 6) is -0.376. The van der Waals surface area contributed by atoms with Gasteiger partial charge in [0.1, 0.15) is 17.6 Å². The molecule has 0 spiro atoms. The van der Waals surface area contributed by atoms with Gasteiger partial charge in [0.05, 0.1) is 18.4 Å². The van der Waals surface area contributed by atoms with Crippen molar-refractivity contribution in [1.29, 1.82) is 10.7 Å². The van der Waals surface area contributed by atoms with Crippen LogP contribution in [0.4, 0.5) is 10.1 Å². The lowest BCUT2D eigenvalue weighted by Gasteiger charge is -2.27. The van der Waals surface area contributed by atoms with Gasteiger partial charge in [-0.15, -0.1) is 0 Å². The Labute approximate surface area is 171 Å². The smallest absolute Gasteiger partial charge is 0.141 e. The first kappa shape index (κ1) is 23.4. The monoisotopic (exact) mass is 395 g/mol. The molecule has 1 aromatic carbocycles. The van der Waals surface area contributed by atoms with Gasteiger partial charge in [-0.3, -0.25) is 15.4 Å². The van der Waals surface area contributed by atoms with Crippen molar-refractivity contribution in [3.63, 3.8) is 0 Å². The van der Waals surface area contributed by atoms with Gasteiger partial charge < -0.3 is 10.3 Å². The molecule has 8 heteroatoms. The van der Waals surface area contributed by atoms with Crippen LogP contribution in [0.15, 0.2) is 51.6 Å². The van der Waals surface area contributed by atoms with E-state index in [0.29, 0.717) is 35.7 Å². The zero-order valence-electron chi connectivity index (χ0n) is 16.8. The fraction of sp³-hybridized carbons (Fsp3) is 0.286. The molecule has 0 amide bonds. The summed E-state index contributed by atoms with van der Waals surface area (Å²) in [4.78, 5) is 10.1. The number of nitrogens with zero attached hydrogens (tertiary/aromatic N) is 5. The van der Waals surface area contributed by atoms with Crippen LogP contribution in [0, 0.1) is 22.6 Å². The molecule has 2 N–H and O–H groups in total. The molecule has 0 saturated carbocycles. The second-order valence-corrected chi connectivity index (χ2v) is 6.00. The van der Waals surface area contributed by atoms with E-state index in [1.54, 1.807) is 19.1 Å². The highest BCUT2D eigenvalue weighted by atomic mass is 19.1. The van der Waals surface area contributed by atoms with E-state index >= 15 is 0 Å². The van der Waals surface area contributed by atoms with Crippen LogP contribution in [0.5, 0.6) is 0 Å². The first-order valence-electron chi connectivity index (χ1n) is 9.08. The molecule has 1 aromatic rings. The highest BCUT2D eigenvalue weighted by Gasteiger charge is 2.14. The normalized spacial score (nSPS) is 11.8. The second-order valence-electron chi connectivity index (χ2n) is 6.00. The Balaban J connectivity index is 3.00. The summed E-state index contributed by atoms with van der Waals surface area (Å²) >= 11 is 0. The average molecular weight is 395 g/mol. The third-order valence-corrected chi connectivity index (χ3v) is 3.86. The maximum atomic E-state index is 13.9. The van der Waals surface area contributed by atoms with Crippen molar-refractivity contribution < 1.29 is 4.39 Å². The van der Waals surface area contributed by atoms with Crippen LogP contribution in [-0.4, -0.2) is 49.4 Å². The Morgan fingerprint density at radius 2 is 2.17 bits per heavy atom. The quantitative estimate of drug-likeness (QED) is 0.316. The summed E-state index contributed by atoms with van der Waals surface area (Å²) in [6.45, 7) is 13.1. The molecule has 152 valence electrons. The van der Waals surface area contributed by atoms with Gasteiger partial charge in [0.15, 0.2) is 0 Å². The zero-order valence-corrected chi connectivity index (χ0v) is 16.8. The second kappa shape index (κ2) is 12.7. The standard InChI is InChI=1S/C21H26FN7/c1-5-11-29(12-10-26-16(2)13-19(15-24)25-4)17(3)20-14-18(22)6-7-21(20)28-27-9-8-23/h6-9,13-14,23,28H,3-5,10-12H2,1-2H3/b19-13-,23-8?,26-16?,27-9-. The van der Waals surface area contributed by atoms with Gasteiger partial charge in [-0.05, 0) is 44.3 Å². The van der Waals surface area contributed by atoms with E-state index in [9.17, 15) is 4.39 Å². The van der Waals surface area contributed by atoms with Crippen molar-refractivity contribution >= 4 is 36.2 Å². The number of hydrogen-bond donors (Lipinski definition) is 2. The summed E-state index contributed by atoms with van der Waals surface area (Å²) in [5.41, 5.74) is 5.52. The molecule has 0 aliphatic carbocycles. The first-order chi connectivity index (χ1) is 14.0. The molecule has 0 radical (unpaired) electrons. The molecule has 0 aliphatic rings. The maximum absolute atomic E-state index is 13.9. The lowest BCUT2D eigenvalue weighted by atomic mass is 10.1. The molecule has 0 unspecified atom stereocenters. The lowest BCUT2D eigenvalue weighted by molar-refractivity contribution is 0.407. The molecular weight excluding hydrogens is 369 g/mol. The van der Waals surface area contributed by atoms with Crippen molar-refractivity contribution in [2.45, 2.75) is 20.3 Å². The van der Waals surface area contributed by atoms with E-state index in [0.717, 1.165) is 19.2 Å². The van der Waals surface area contributed by atoms with Gasteiger partial charge >= 0.3 is 0 Å². The molecule has 29 heavy (non-hydrogen) atoms. The van der Waals surface area contributed by atoms with Crippen molar-refractivity contribution in [1.82, 2.24) is 4.90 Å². The SMILES string of the molecule is C=N/C(C#N)=C\C(C)=NCCN(CCC)C(=C)c1cc(F)ccc1N/N=C\C=N. The fourth-order valence-corrected chi connectivity index (χ4v) is 2.52. The van der Waals surface area contributed by atoms with Gasteiger partial charge in [0.25, 0.3) is 0 Å². The predicted molar refractivity (Wildman–Crippen MR) is 119 cm³/mol. The van der Waals surface area contributed by atoms with Gasteiger partial charge in [0, 0.05) is 36.3 Å². The Bertz CT molecular complexity index is 862. The number of nitrogens with one attached hydrogen (secondary N) is 2. The Morgan fingerprint density at radius 1 is 1.41 bits per heavy atom. The van der Waals surface area contributed by atoms with Crippen LogP contribution in [0.25, 0.3) is 5.70 Å². The van der Waals surface area contributed by atoms with E-state index in [1.165, 1.54) is 18.3 Å². The molecule has 1 rings (SSSR count). The minimum atomic E-state index is -0.376. The van der Waals surface area contributed by atoms with Crippen molar-refractivity contribution in [2.24, 2.45) is 15.1 Å². The fourth-order valence-electron chi connectivity index (χ4n) is 2.52. The van der Waals surface area contributed by atoms with Gasteiger partial charge in [0.2, 0.25) is 0 Å². The largest absolute Gasteiger partial charge is 0.370 e. The molecule has 0 bridgehead atoms. The summed E-state index contributed by atoms with van der Waals surface area (Å²) in [6, 6.07) is 6.26. The van der Waals surface area contributed by atoms with Gasteiger partial charge in [-0.2, -0.15) is 10.4 Å². The molecule has 0 saturated heterocycles. The number of nitriles is 1. The van der Waals surface area contributed by atoms with E-state index in [4.69, 9.17) is 10.7 Å². The van der Waals surface area contributed by atoms with Gasteiger partial charge in [-0.25, -0.2) is 4.39 Å². The molecule has 0 aromatic heterocycles. The topological polar surface area (TPSA) is 100.0 Å². The Kier molecular flexibility index (Phi) is 10.3. The van der Waals surface area contributed by atoms with Crippen molar-refractivity contribution in [2.75, 3.05) is 25.1 Å². The number of anilines is 1. The Morgan fingerprint density at radius 3 is 2.79 bits per heavy atom. The number of aliphatic imine (C=N–C) groups is 2. The maximum Gasteiger partial charge on any atom is 0.141 e. The molecule has 0 atom stereocenters. The number of rotatable bonds is 12. The number of halogens is 1. The van der Waals surface area contributed by atoms with Crippen molar-refractivity contribution in [3.8, 4) is 6.07 Å². The van der Waals surface area contributed by atoms with E-state index in [-0.39, 0.29) is 11.5 Å². The van der Waals surface area contributed by atoms with Crippen LogP contribution in [0.2, 0.25) is 0 Å². The van der Waals surface area contributed by atoms with Crippen molar-refractivity contribution in [3.05, 3.63) is 47.9 Å².